The highest BCUT2D eigenvalue weighted by Crippen LogP contribution is 2.33. The molecule has 2 aromatic heterocycles. The summed E-state index contributed by atoms with van der Waals surface area (Å²) in [7, 11) is 0. The number of hydrogen-bond donors (Lipinski definition) is 0. The highest BCUT2D eigenvalue weighted by Gasteiger charge is 2.18. The van der Waals surface area contributed by atoms with Crippen LogP contribution in [-0.2, 0) is 0 Å². The summed E-state index contributed by atoms with van der Waals surface area (Å²) >= 11 is 0. The molecule has 0 aliphatic carbocycles. The van der Waals surface area contributed by atoms with E-state index in [0.717, 1.165) is 22.1 Å². The second-order valence-electron chi connectivity index (χ2n) is 5.67. The molecular formula is C19H13N3O2. The van der Waals surface area contributed by atoms with Gasteiger partial charge in [-0.1, -0.05) is 16.8 Å². The van der Waals surface area contributed by atoms with Gasteiger partial charge < -0.3 is 8.94 Å². The number of fused-ring (bicyclic) bond motifs is 1. The van der Waals surface area contributed by atoms with Crippen LogP contribution >= 0.6 is 0 Å². The first-order valence-corrected chi connectivity index (χ1v) is 7.50. The van der Waals surface area contributed by atoms with Gasteiger partial charge in [0.05, 0.1) is 11.6 Å². The first-order chi connectivity index (χ1) is 11.7. The Hall–Kier alpha value is -3.39. The third-order valence-corrected chi connectivity index (χ3v) is 3.98. The second kappa shape index (κ2) is 5.36. The number of benzene rings is 2. The van der Waals surface area contributed by atoms with Crippen molar-refractivity contribution in [2.24, 2.45) is 0 Å². The third-order valence-electron chi connectivity index (χ3n) is 3.98. The topological polar surface area (TPSA) is 75.8 Å². The first kappa shape index (κ1) is 14.2. The summed E-state index contributed by atoms with van der Waals surface area (Å²) in [4.78, 5) is 4.43. The van der Waals surface area contributed by atoms with Gasteiger partial charge in [0.1, 0.15) is 5.58 Å². The van der Waals surface area contributed by atoms with Crippen LogP contribution in [0.25, 0.3) is 34.0 Å². The second-order valence-corrected chi connectivity index (χ2v) is 5.67. The third kappa shape index (κ3) is 2.25. The maximum atomic E-state index is 8.86. The number of nitrogens with zero attached hydrogens (tertiary/aromatic N) is 3. The van der Waals surface area contributed by atoms with Crippen LogP contribution < -0.4 is 0 Å². The van der Waals surface area contributed by atoms with Gasteiger partial charge in [-0.25, -0.2) is 0 Å². The van der Waals surface area contributed by atoms with Crippen molar-refractivity contribution in [3.05, 3.63) is 59.2 Å². The molecule has 2 aromatic carbocycles. The van der Waals surface area contributed by atoms with Gasteiger partial charge in [0, 0.05) is 16.5 Å². The van der Waals surface area contributed by atoms with Gasteiger partial charge >= 0.3 is 0 Å². The van der Waals surface area contributed by atoms with Gasteiger partial charge in [0.2, 0.25) is 5.82 Å². The van der Waals surface area contributed by atoms with Crippen molar-refractivity contribution in [3.8, 4) is 29.1 Å². The monoisotopic (exact) mass is 315 g/mol. The minimum absolute atomic E-state index is 0.394. The zero-order valence-electron chi connectivity index (χ0n) is 13.2. The smallest absolute Gasteiger partial charge is 0.258 e. The lowest BCUT2D eigenvalue weighted by molar-refractivity contribution is 0.430. The molecule has 0 spiro atoms. The number of nitriles is 1. The van der Waals surface area contributed by atoms with E-state index in [9.17, 15) is 0 Å². The summed E-state index contributed by atoms with van der Waals surface area (Å²) in [5, 5.41) is 13.9. The number of hydrogen-bond acceptors (Lipinski definition) is 5. The summed E-state index contributed by atoms with van der Waals surface area (Å²) in [5.41, 5.74) is 4.31. The molecule has 0 saturated heterocycles. The lowest BCUT2D eigenvalue weighted by Gasteiger charge is -1.93. The van der Waals surface area contributed by atoms with E-state index in [4.69, 9.17) is 14.2 Å². The standard InChI is InChI=1S/C19H13N3O2/c1-11-3-8-16-15(9-11)12(2)17(23-16)18-21-19(24-22-18)14-6-4-13(10-20)5-7-14/h3-9H,1-2H3. The molecule has 4 rings (SSSR count). The quantitative estimate of drug-likeness (QED) is 0.538. The van der Waals surface area contributed by atoms with Gasteiger partial charge in [-0.05, 0) is 50.2 Å². The maximum absolute atomic E-state index is 8.86. The lowest BCUT2D eigenvalue weighted by atomic mass is 10.1. The molecule has 0 N–H and O–H groups in total. The summed E-state index contributed by atoms with van der Waals surface area (Å²) in [6.07, 6.45) is 0. The maximum Gasteiger partial charge on any atom is 0.258 e. The molecule has 0 unspecified atom stereocenters. The molecule has 4 aromatic rings. The van der Waals surface area contributed by atoms with E-state index in [-0.39, 0.29) is 0 Å². The van der Waals surface area contributed by atoms with Gasteiger partial charge in [-0.3, -0.25) is 0 Å². The Morgan fingerprint density at radius 3 is 2.58 bits per heavy atom. The Kier molecular flexibility index (Phi) is 3.17. The van der Waals surface area contributed by atoms with Crippen molar-refractivity contribution < 1.29 is 8.94 Å². The van der Waals surface area contributed by atoms with E-state index in [0.29, 0.717) is 23.0 Å². The average molecular weight is 315 g/mol. The fourth-order valence-electron chi connectivity index (χ4n) is 2.67. The Morgan fingerprint density at radius 2 is 1.83 bits per heavy atom. The van der Waals surface area contributed by atoms with Crippen LogP contribution in [0.2, 0.25) is 0 Å². The summed E-state index contributed by atoms with van der Waals surface area (Å²) in [6.45, 7) is 4.03. The molecule has 0 fully saturated rings. The summed E-state index contributed by atoms with van der Waals surface area (Å²) in [6, 6.07) is 15.1. The number of aryl methyl sites for hydroxylation is 2. The zero-order valence-corrected chi connectivity index (χ0v) is 13.2. The minimum atomic E-state index is 0.394. The Labute approximate surface area is 138 Å². The van der Waals surface area contributed by atoms with E-state index in [2.05, 4.69) is 22.3 Å². The Morgan fingerprint density at radius 1 is 1.04 bits per heavy atom. The predicted molar refractivity (Wildman–Crippen MR) is 89.1 cm³/mol. The normalized spacial score (nSPS) is 10.9. The SMILES string of the molecule is Cc1ccc2oc(-c3noc(-c4ccc(C#N)cc4)n3)c(C)c2c1. The Bertz CT molecular complexity index is 1080. The van der Waals surface area contributed by atoms with Crippen LogP contribution in [0.5, 0.6) is 0 Å². The number of furan rings is 1. The van der Waals surface area contributed by atoms with Crippen molar-refractivity contribution >= 4 is 11.0 Å². The van der Waals surface area contributed by atoms with Gasteiger partial charge in [0.15, 0.2) is 5.76 Å². The summed E-state index contributed by atoms with van der Waals surface area (Å²) in [5.74, 6) is 1.42. The van der Waals surface area contributed by atoms with Crippen molar-refractivity contribution in [1.29, 1.82) is 5.26 Å². The van der Waals surface area contributed by atoms with E-state index >= 15 is 0 Å². The molecule has 5 heteroatoms. The fraction of sp³-hybridized carbons (Fsp3) is 0.105. The van der Waals surface area contributed by atoms with Crippen molar-refractivity contribution in [3.63, 3.8) is 0 Å². The fourth-order valence-corrected chi connectivity index (χ4v) is 2.67. The van der Waals surface area contributed by atoms with Crippen molar-refractivity contribution in [2.45, 2.75) is 13.8 Å². The number of aromatic nitrogens is 2. The molecule has 0 aliphatic rings. The minimum Gasteiger partial charge on any atom is -0.452 e. The van der Waals surface area contributed by atoms with Gasteiger partial charge in [-0.15, -0.1) is 0 Å². The summed E-state index contributed by atoms with van der Waals surface area (Å²) < 4.78 is 11.2. The molecule has 2 heterocycles. The lowest BCUT2D eigenvalue weighted by Crippen LogP contribution is -1.82. The van der Waals surface area contributed by atoms with Crippen molar-refractivity contribution in [1.82, 2.24) is 10.1 Å². The number of rotatable bonds is 2. The Balaban J connectivity index is 1.77. The van der Waals surface area contributed by atoms with Crippen LogP contribution in [-0.4, -0.2) is 10.1 Å². The molecule has 0 radical (unpaired) electrons. The first-order valence-electron chi connectivity index (χ1n) is 7.50. The van der Waals surface area contributed by atoms with Crippen LogP contribution in [0, 0.1) is 25.2 Å². The molecule has 0 bridgehead atoms. The van der Waals surface area contributed by atoms with E-state index in [1.54, 1.807) is 24.3 Å². The van der Waals surface area contributed by atoms with Gasteiger partial charge in [0.25, 0.3) is 5.89 Å². The molecule has 0 aliphatic heterocycles. The molecule has 24 heavy (non-hydrogen) atoms. The van der Waals surface area contributed by atoms with Crippen molar-refractivity contribution in [2.75, 3.05) is 0 Å². The van der Waals surface area contributed by atoms with E-state index in [1.165, 1.54) is 5.56 Å². The van der Waals surface area contributed by atoms with Crippen LogP contribution in [0.3, 0.4) is 0 Å². The van der Waals surface area contributed by atoms with Crippen LogP contribution in [0.15, 0.2) is 51.4 Å². The van der Waals surface area contributed by atoms with Crippen LogP contribution in [0.1, 0.15) is 16.7 Å². The highest BCUT2D eigenvalue weighted by atomic mass is 16.5. The zero-order chi connectivity index (χ0) is 16.7. The van der Waals surface area contributed by atoms with Gasteiger partial charge in [-0.2, -0.15) is 10.2 Å². The molecule has 0 saturated carbocycles. The highest BCUT2D eigenvalue weighted by molar-refractivity contribution is 5.87. The largest absolute Gasteiger partial charge is 0.452 e. The van der Waals surface area contributed by atoms with E-state index in [1.807, 2.05) is 26.0 Å². The molecule has 0 amide bonds. The molecule has 5 nitrogen and oxygen atoms in total. The van der Waals surface area contributed by atoms with Crippen LogP contribution in [0.4, 0.5) is 0 Å². The molecule has 116 valence electrons. The average Bonchev–Trinajstić information content (AvgIpc) is 3.21. The molecular weight excluding hydrogens is 302 g/mol. The molecule has 0 atom stereocenters. The van der Waals surface area contributed by atoms with E-state index < -0.39 is 0 Å². The predicted octanol–water partition coefficient (Wildman–Crippen LogP) is 4.64.